The van der Waals surface area contributed by atoms with Crippen molar-refractivity contribution in [3.63, 3.8) is 0 Å². The molecule has 0 fully saturated rings. The van der Waals surface area contributed by atoms with E-state index in [4.69, 9.17) is 5.11 Å². The fraction of sp³-hybridized carbons (Fsp3) is 0. The zero-order valence-corrected chi connectivity index (χ0v) is 10.2. The molecule has 100 valence electrons. The molecule has 0 aliphatic carbocycles. The Labute approximate surface area is 114 Å². The van der Waals surface area contributed by atoms with Gasteiger partial charge in [0, 0.05) is 5.56 Å². The highest BCUT2D eigenvalue weighted by molar-refractivity contribution is 5.88. The van der Waals surface area contributed by atoms with Gasteiger partial charge in [0.15, 0.2) is 0 Å². The van der Waals surface area contributed by atoms with E-state index < -0.39 is 5.97 Å². The lowest BCUT2D eigenvalue weighted by Gasteiger charge is -2.07. The molecule has 2 rings (SSSR count). The normalized spacial score (nSPS) is 10.6. The van der Waals surface area contributed by atoms with Crippen LogP contribution >= 0.6 is 0 Å². The first-order valence-electron chi connectivity index (χ1n) is 5.61. The van der Waals surface area contributed by atoms with E-state index in [-0.39, 0.29) is 16.9 Å². The Morgan fingerprint density at radius 2 is 1.80 bits per heavy atom. The molecule has 0 saturated heterocycles. The number of nitrogens with zero attached hydrogens (tertiary/aromatic N) is 2. The first kappa shape index (κ1) is 13.4. The molecule has 2 aromatic carbocycles. The highest BCUT2D eigenvalue weighted by atomic mass is 16.4. The summed E-state index contributed by atoms with van der Waals surface area (Å²) in [6, 6.07) is 9.94. The van der Waals surface area contributed by atoms with Gasteiger partial charge in [0.05, 0.1) is 16.9 Å². The molecule has 20 heavy (non-hydrogen) atoms. The topological polar surface area (TPSA) is 102 Å². The molecule has 0 heterocycles. The first-order chi connectivity index (χ1) is 9.60. The van der Waals surface area contributed by atoms with E-state index >= 15 is 0 Å². The average Bonchev–Trinajstić information content (AvgIpc) is 2.46. The summed E-state index contributed by atoms with van der Waals surface area (Å²) < 4.78 is 0. The van der Waals surface area contributed by atoms with Crippen LogP contribution in [0.4, 0.5) is 11.4 Å². The summed E-state index contributed by atoms with van der Waals surface area (Å²) in [4.78, 5) is 21.4. The number of carbonyl (C=O) groups is 2. The second-order valence-corrected chi connectivity index (χ2v) is 3.90. The van der Waals surface area contributed by atoms with Crippen LogP contribution in [0.1, 0.15) is 20.7 Å². The number of benzene rings is 2. The van der Waals surface area contributed by atoms with Crippen LogP contribution in [0.15, 0.2) is 52.7 Å². The van der Waals surface area contributed by atoms with Crippen LogP contribution in [0.2, 0.25) is 0 Å². The van der Waals surface area contributed by atoms with Gasteiger partial charge in [-0.1, -0.05) is 17.9 Å². The zero-order chi connectivity index (χ0) is 14.5. The lowest BCUT2D eigenvalue weighted by Crippen LogP contribution is -1.94. The van der Waals surface area contributed by atoms with Gasteiger partial charge < -0.3 is 10.2 Å². The fourth-order valence-electron chi connectivity index (χ4n) is 1.51. The molecule has 2 aromatic rings. The van der Waals surface area contributed by atoms with Crippen molar-refractivity contribution in [3.8, 4) is 5.75 Å². The van der Waals surface area contributed by atoms with Crippen LogP contribution in [0.3, 0.4) is 0 Å². The van der Waals surface area contributed by atoms with Crippen molar-refractivity contribution in [3.05, 3.63) is 53.6 Å². The standard InChI is InChI=1S/C14H10N2O4/c17-8-10-7-12(4-5-13(10)18)16-15-11-3-1-2-9(6-11)14(19)20/h1-8,18H,(H,19,20)/p-1. The molecule has 0 spiro atoms. The molecule has 0 aliphatic heterocycles. The maximum atomic E-state index is 11.2. The maximum Gasteiger partial charge on any atom is 0.335 e. The van der Waals surface area contributed by atoms with E-state index in [0.717, 1.165) is 0 Å². The van der Waals surface area contributed by atoms with Gasteiger partial charge in [-0.05, 0) is 30.3 Å². The first-order valence-corrected chi connectivity index (χ1v) is 5.61. The Bertz CT molecular complexity index is 695. The van der Waals surface area contributed by atoms with E-state index in [1.54, 1.807) is 12.1 Å². The Balaban J connectivity index is 2.27. The van der Waals surface area contributed by atoms with E-state index in [2.05, 4.69) is 10.2 Å². The number of carboxylic acid groups (broad SMARTS) is 1. The molecule has 0 radical (unpaired) electrons. The summed E-state index contributed by atoms with van der Waals surface area (Å²) in [5.74, 6) is -1.44. The molecule has 6 heteroatoms. The predicted octanol–water partition coefficient (Wildman–Crippen LogP) is 2.69. The minimum absolute atomic E-state index is 0.000682. The third-order valence-electron chi connectivity index (χ3n) is 2.49. The van der Waals surface area contributed by atoms with E-state index in [1.165, 1.54) is 30.3 Å². The number of aromatic carboxylic acids is 1. The van der Waals surface area contributed by atoms with Crippen molar-refractivity contribution in [2.45, 2.75) is 0 Å². The van der Waals surface area contributed by atoms with Crippen molar-refractivity contribution in [1.82, 2.24) is 0 Å². The van der Waals surface area contributed by atoms with Crippen LogP contribution in [-0.2, 0) is 0 Å². The molecule has 6 nitrogen and oxygen atoms in total. The molecular formula is C14H9N2O4-. The number of rotatable bonds is 4. The van der Waals surface area contributed by atoms with Crippen LogP contribution < -0.4 is 5.11 Å². The van der Waals surface area contributed by atoms with Crippen molar-refractivity contribution >= 4 is 23.6 Å². The molecule has 0 bridgehead atoms. The maximum absolute atomic E-state index is 11.2. The van der Waals surface area contributed by atoms with Crippen LogP contribution in [0.5, 0.6) is 5.75 Å². The monoisotopic (exact) mass is 269 g/mol. The van der Waals surface area contributed by atoms with Crippen LogP contribution in [-0.4, -0.2) is 17.4 Å². The van der Waals surface area contributed by atoms with Crippen LogP contribution in [0, 0.1) is 0 Å². The number of azo groups is 1. The minimum atomic E-state index is -1.05. The quantitative estimate of drug-likeness (QED) is 0.680. The largest absolute Gasteiger partial charge is 0.872 e. The van der Waals surface area contributed by atoms with Gasteiger partial charge in [0.1, 0.15) is 6.29 Å². The highest BCUT2D eigenvalue weighted by Crippen LogP contribution is 2.23. The fourth-order valence-corrected chi connectivity index (χ4v) is 1.51. The molecule has 0 aliphatic rings. The van der Waals surface area contributed by atoms with Crippen LogP contribution in [0.25, 0.3) is 0 Å². The third kappa shape index (κ3) is 3.05. The Kier molecular flexibility index (Phi) is 3.85. The predicted molar refractivity (Wildman–Crippen MR) is 68.9 cm³/mol. The SMILES string of the molecule is O=Cc1cc(N=Nc2cccc(C(=O)O)c2)ccc1[O-]. The summed E-state index contributed by atoms with van der Waals surface area (Å²) in [6.07, 6.45) is 0.451. The molecule has 0 amide bonds. The number of hydrogen-bond acceptors (Lipinski definition) is 5. The lowest BCUT2D eigenvalue weighted by molar-refractivity contribution is -0.268. The Morgan fingerprint density at radius 1 is 1.10 bits per heavy atom. The molecule has 0 atom stereocenters. The van der Waals surface area contributed by atoms with Gasteiger partial charge in [-0.15, -0.1) is 0 Å². The van der Waals surface area contributed by atoms with Gasteiger partial charge in [0.2, 0.25) is 0 Å². The van der Waals surface area contributed by atoms with Crippen molar-refractivity contribution in [2.24, 2.45) is 10.2 Å². The zero-order valence-electron chi connectivity index (χ0n) is 10.2. The highest BCUT2D eigenvalue weighted by Gasteiger charge is 2.02. The third-order valence-corrected chi connectivity index (χ3v) is 2.49. The number of carboxylic acids is 1. The summed E-state index contributed by atoms with van der Waals surface area (Å²) >= 11 is 0. The number of carbonyl (C=O) groups excluding carboxylic acids is 1. The molecule has 0 saturated carbocycles. The minimum Gasteiger partial charge on any atom is -0.872 e. The van der Waals surface area contributed by atoms with Crippen molar-refractivity contribution < 1.29 is 19.8 Å². The average molecular weight is 269 g/mol. The van der Waals surface area contributed by atoms with E-state index in [0.29, 0.717) is 17.7 Å². The van der Waals surface area contributed by atoms with Gasteiger partial charge in [-0.2, -0.15) is 10.2 Å². The van der Waals surface area contributed by atoms with Gasteiger partial charge in [-0.3, -0.25) is 4.79 Å². The van der Waals surface area contributed by atoms with Crippen molar-refractivity contribution in [2.75, 3.05) is 0 Å². The Hall–Kier alpha value is -3.02. The second kappa shape index (κ2) is 5.75. The lowest BCUT2D eigenvalue weighted by atomic mass is 10.2. The summed E-state index contributed by atoms with van der Waals surface area (Å²) in [6.45, 7) is 0. The smallest absolute Gasteiger partial charge is 0.335 e. The van der Waals surface area contributed by atoms with Crippen molar-refractivity contribution in [1.29, 1.82) is 0 Å². The van der Waals surface area contributed by atoms with Gasteiger partial charge in [0.25, 0.3) is 0 Å². The van der Waals surface area contributed by atoms with E-state index in [1.807, 2.05) is 0 Å². The summed E-state index contributed by atoms with van der Waals surface area (Å²) in [5.41, 5.74) is 0.807. The number of hydrogen-bond donors (Lipinski definition) is 1. The molecule has 1 N–H and O–H groups in total. The number of aldehydes is 1. The molecule has 0 aromatic heterocycles. The summed E-state index contributed by atoms with van der Waals surface area (Å²) in [7, 11) is 0. The van der Waals surface area contributed by atoms with E-state index in [9.17, 15) is 14.7 Å². The van der Waals surface area contributed by atoms with Gasteiger partial charge in [-0.25, -0.2) is 4.79 Å². The summed E-state index contributed by atoms with van der Waals surface area (Å²) in [5, 5.41) is 27.8. The second-order valence-electron chi connectivity index (χ2n) is 3.90. The molecule has 0 unspecified atom stereocenters. The van der Waals surface area contributed by atoms with Gasteiger partial charge >= 0.3 is 5.97 Å². The Morgan fingerprint density at radius 3 is 2.45 bits per heavy atom. The molecular weight excluding hydrogens is 260 g/mol.